The van der Waals surface area contributed by atoms with E-state index in [0.29, 0.717) is 18.9 Å². The standard InChI is InChI=1S/C65H113NO5S2Si/c1-8-12-15-27-42-59(70-63(67)48-33-17-14-10-3)55-72-53-36-21-25-40-58(41-26-22-37-54-73-56-60(43-28-16-13-9-2)71-64(68)50-49-57-38-23-18-24-39-57)66(11-4)51-34-35-52-69-74(65(5,6)7,61-44-29-19-30-45-61)62-46-31-20-32-47-62/h19-20,29-32,44-47,57-60H,8-18,21-28,33-43,48-56H2,1-7H3. The molecule has 0 heterocycles. The topological polar surface area (TPSA) is 65.1 Å². The zero-order chi connectivity index (χ0) is 53.4. The molecular formula is C65H113NO5S2Si. The summed E-state index contributed by atoms with van der Waals surface area (Å²) in [6.45, 7) is 19.2. The Bertz CT molecular complexity index is 1600. The van der Waals surface area contributed by atoms with Crippen molar-refractivity contribution in [2.24, 2.45) is 5.92 Å². The summed E-state index contributed by atoms with van der Waals surface area (Å²) < 4.78 is 19.6. The second-order valence-electron chi connectivity index (χ2n) is 23.1. The summed E-state index contributed by atoms with van der Waals surface area (Å²) in [6.07, 6.45) is 37.4. The van der Waals surface area contributed by atoms with Gasteiger partial charge in [0.05, 0.1) is 0 Å². The lowest BCUT2D eigenvalue weighted by molar-refractivity contribution is -0.149. The number of ether oxygens (including phenoxy) is 2. The maximum atomic E-state index is 13.0. The van der Waals surface area contributed by atoms with E-state index in [1.54, 1.807) is 0 Å². The molecule has 0 saturated heterocycles. The zero-order valence-electron chi connectivity index (χ0n) is 49.0. The average molecular weight is 1080 g/mol. The second-order valence-corrected chi connectivity index (χ2v) is 29.7. The number of nitrogens with zero attached hydrogens (tertiary/aromatic N) is 1. The fraction of sp³-hybridized carbons (Fsp3) is 0.785. The Labute approximate surface area is 466 Å². The normalized spacial score (nSPS) is 14.8. The lowest BCUT2D eigenvalue weighted by Gasteiger charge is -2.43. The molecule has 2 aromatic rings. The number of esters is 2. The minimum atomic E-state index is -2.55. The van der Waals surface area contributed by atoms with Crippen LogP contribution in [0.25, 0.3) is 0 Å². The molecule has 2 aromatic carbocycles. The highest BCUT2D eigenvalue weighted by molar-refractivity contribution is 7.99. The molecule has 1 aliphatic rings. The summed E-state index contributed by atoms with van der Waals surface area (Å²) in [5, 5.41) is 2.70. The van der Waals surface area contributed by atoms with Gasteiger partial charge in [-0.1, -0.05) is 225 Å². The van der Waals surface area contributed by atoms with Crippen LogP contribution in [0.1, 0.15) is 254 Å². The van der Waals surface area contributed by atoms with Gasteiger partial charge in [-0.25, -0.2) is 0 Å². The zero-order valence-corrected chi connectivity index (χ0v) is 51.6. The molecule has 0 amide bonds. The fourth-order valence-corrected chi connectivity index (χ4v) is 18.1. The Hall–Kier alpha value is -1.78. The summed E-state index contributed by atoms with van der Waals surface area (Å²) >= 11 is 4.01. The average Bonchev–Trinajstić information content (AvgIpc) is 3.40. The van der Waals surface area contributed by atoms with Gasteiger partial charge in [-0.3, -0.25) is 9.59 Å². The Morgan fingerprint density at radius 3 is 1.53 bits per heavy atom. The summed E-state index contributed by atoms with van der Waals surface area (Å²) in [5.41, 5.74) is 0. The quantitative estimate of drug-likeness (QED) is 0.0369. The first-order valence-corrected chi connectivity index (χ1v) is 35.3. The molecule has 1 aliphatic carbocycles. The molecular weight excluding hydrogens is 967 g/mol. The highest BCUT2D eigenvalue weighted by atomic mass is 32.2. The van der Waals surface area contributed by atoms with Crippen molar-refractivity contribution in [3.8, 4) is 0 Å². The number of thioether (sulfide) groups is 2. The van der Waals surface area contributed by atoms with Gasteiger partial charge in [0, 0.05) is 37.0 Å². The van der Waals surface area contributed by atoms with Gasteiger partial charge < -0.3 is 18.8 Å². The van der Waals surface area contributed by atoms with Crippen LogP contribution < -0.4 is 10.4 Å². The number of hydrogen-bond acceptors (Lipinski definition) is 8. The summed E-state index contributed by atoms with van der Waals surface area (Å²) in [7, 11) is -2.55. The predicted octanol–water partition coefficient (Wildman–Crippen LogP) is 17.7. The number of unbranched alkanes of at least 4 members (excludes halogenated alkanes) is 14. The molecule has 3 unspecified atom stereocenters. The van der Waals surface area contributed by atoms with Gasteiger partial charge in [-0.2, -0.15) is 23.5 Å². The van der Waals surface area contributed by atoms with Crippen LogP contribution in [0.2, 0.25) is 5.04 Å². The van der Waals surface area contributed by atoms with Crippen molar-refractivity contribution in [1.29, 1.82) is 0 Å². The van der Waals surface area contributed by atoms with Crippen molar-refractivity contribution in [3.63, 3.8) is 0 Å². The molecule has 0 aromatic heterocycles. The van der Waals surface area contributed by atoms with E-state index < -0.39 is 8.32 Å². The van der Waals surface area contributed by atoms with Gasteiger partial charge >= 0.3 is 11.9 Å². The summed E-state index contributed by atoms with van der Waals surface area (Å²) in [5.74, 6) is 4.94. The van der Waals surface area contributed by atoms with E-state index in [9.17, 15) is 9.59 Å². The molecule has 0 aliphatic heterocycles. The predicted molar refractivity (Wildman–Crippen MR) is 327 cm³/mol. The van der Waals surface area contributed by atoms with Crippen molar-refractivity contribution in [1.82, 2.24) is 4.90 Å². The minimum Gasteiger partial charge on any atom is -0.461 e. The van der Waals surface area contributed by atoms with Crippen molar-refractivity contribution in [2.75, 3.05) is 42.7 Å². The molecule has 9 heteroatoms. The summed E-state index contributed by atoms with van der Waals surface area (Å²) in [4.78, 5) is 28.6. The third-order valence-corrected chi connectivity index (χ3v) is 23.2. The van der Waals surface area contributed by atoms with E-state index in [1.165, 1.54) is 145 Å². The highest BCUT2D eigenvalue weighted by Crippen LogP contribution is 2.37. The van der Waals surface area contributed by atoms with Gasteiger partial charge in [0.25, 0.3) is 8.32 Å². The SMILES string of the molecule is CCCCCCC(=O)OC(CCCCCC)CSCCCCCC(CCCCCSCC(CCCCCC)OC(=O)CCC1CCCCC1)N(CC)CCCCO[Si](c1ccccc1)(c1ccccc1)C(C)(C)C. The van der Waals surface area contributed by atoms with E-state index in [4.69, 9.17) is 13.9 Å². The van der Waals surface area contributed by atoms with Gasteiger partial charge in [0.2, 0.25) is 0 Å². The van der Waals surface area contributed by atoms with Gasteiger partial charge in [-0.15, -0.1) is 0 Å². The highest BCUT2D eigenvalue weighted by Gasteiger charge is 2.50. The van der Waals surface area contributed by atoms with Crippen LogP contribution in [0.3, 0.4) is 0 Å². The number of hydrogen-bond donors (Lipinski definition) is 0. The van der Waals surface area contributed by atoms with E-state index >= 15 is 0 Å². The second kappa shape index (κ2) is 42.2. The van der Waals surface area contributed by atoms with Crippen molar-refractivity contribution in [3.05, 3.63) is 60.7 Å². The Balaban J connectivity index is 1.55. The van der Waals surface area contributed by atoms with Crippen LogP contribution in [-0.2, 0) is 23.5 Å². The smallest absolute Gasteiger partial charge is 0.306 e. The number of benzene rings is 2. The fourth-order valence-electron chi connectivity index (χ4n) is 11.4. The molecule has 3 atom stereocenters. The lowest BCUT2D eigenvalue weighted by Crippen LogP contribution is -2.66. The lowest BCUT2D eigenvalue weighted by atomic mass is 9.86. The maximum Gasteiger partial charge on any atom is 0.306 e. The number of carbonyl (C=O) groups excluding carboxylic acids is 2. The third-order valence-electron chi connectivity index (χ3n) is 15.8. The molecule has 0 spiro atoms. The number of rotatable bonds is 46. The first kappa shape index (κ1) is 66.5. The van der Waals surface area contributed by atoms with E-state index in [-0.39, 0.29) is 29.2 Å². The van der Waals surface area contributed by atoms with Gasteiger partial charge in [-0.05, 0) is 123 Å². The van der Waals surface area contributed by atoms with Crippen LogP contribution in [0, 0.1) is 5.92 Å². The Morgan fingerprint density at radius 1 is 0.568 bits per heavy atom. The molecule has 0 N–H and O–H groups in total. The minimum absolute atomic E-state index is 0.0127. The van der Waals surface area contributed by atoms with Crippen LogP contribution in [0.5, 0.6) is 0 Å². The van der Waals surface area contributed by atoms with E-state index in [1.807, 2.05) is 23.5 Å². The van der Waals surface area contributed by atoms with E-state index in [0.717, 1.165) is 106 Å². The molecule has 0 bridgehead atoms. The maximum absolute atomic E-state index is 13.0. The third kappa shape index (κ3) is 28.2. The van der Waals surface area contributed by atoms with Crippen LogP contribution >= 0.6 is 23.5 Å². The van der Waals surface area contributed by atoms with Crippen LogP contribution in [-0.4, -0.2) is 86.1 Å². The Morgan fingerprint density at radius 2 is 1.04 bits per heavy atom. The van der Waals surface area contributed by atoms with E-state index in [2.05, 4.69) is 114 Å². The molecule has 1 saturated carbocycles. The molecule has 6 nitrogen and oxygen atoms in total. The first-order chi connectivity index (χ1) is 36.1. The molecule has 74 heavy (non-hydrogen) atoms. The Kier molecular flexibility index (Phi) is 37.9. The largest absolute Gasteiger partial charge is 0.461 e. The molecule has 1 fully saturated rings. The first-order valence-electron chi connectivity index (χ1n) is 31.1. The summed E-state index contributed by atoms with van der Waals surface area (Å²) in [6, 6.07) is 22.8. The molecule has 424 valence electrons. The van der Waals surface area contributed by atoms with Crippen LogP contribution in [0.4, 0.5) is 0 Å². The van der Waals surface area contributed by atoms with Gasteiger partial charge in [0.1, 0.15) is 12.2 Å². The van der Waals surface area contributed by atoms with Crippen molar-refractivity contribution >= 4 is 54.2 Å². The molecule has 0 radical (unpaired) electrons. The van der Waals surface area contributed by atoms with Gasteiger partial charge in [0.15, 0.2) is 0 Å². The monoisotopic (exact) mass is 1080 g/mol. The molecule has 3 rings (SSSR count). The van der Waals surface area contributed by atoms with Crippen molar-refractivity contribution < 1.29 is 23.5 Å². The number of carbonyl (C=O) groups is 2. The van der Waals surface area contributed by atoms with Crippen molar-refractivity contribution in [2.45, 2.75) is 277 Å². The van der Waals surface area contributed by atoms with Crippen LogP contribution in [0.15, 0.2) is 60.7 Å².